The van der Waals surface area contributed by atoms with Crippen molar-refractivity contribution in [3.05, 3.63) is 50.5 Å². The number of imidazole rings is 1. The zero-order chi connectivity index (χ0) is 14.7. The van der Waals surface area contributed by atoms with Crippen molar-refractivity contribution in [2.24, 2.45) is 0 Å². The zero-order valence-electron chi connectivity index (χ0n) is 11.3. The van der Waals surface area contributed by atoms with Crippen LogP contribution in [0.3, 0.4) is 0 Å². The summed E-state index contributed by atoms with van der Waals surface area (Å²) in [6.45, 7) is 1.51. The summed E-state index contributed by atoms with van der Waals surface area (Å²) in [5, 5.41) is 4.84. The fourth-order valence-corrected chi connectivity index (χ4v) is 3.50. The monoisotopic (exact) mass is 411 g/mol. The van der Waals surface area contributed by atoms with E-state index in [0.717, 1.165) is 32.4 Å². The van der Waals surface area contributed by atoms with Crippen molar-refractivity contribution >= 4 is 50.9 Å². The summed E-state index contributed by atoms with van der Waals surface area (Å²) in [4.78, 5) is 16.3. The zero-order valence-corrected chi connectivity index (χ0v) is 14.2. The fraction of sp³-hybridized carbons (Fsp3) is 0.200. The minimum atomic E-state index is 0.00431. The maximum atomic E-state index is 11.9. The number of nitrogens with one attached hydrogen (secondary N) is 1. The van der Waals surface area contributed by atoms with E-state index in [4.69, 9.17) is 0 Å². The molecule has 1 aromatic carbocycles. The van der Waals surface area contributed by atoms with Crippen molar-refractivity contribution in [3.8, 4) is 0 Å². The lowest BCUT2D eigenvalue weighted by Crippen LogP contribution is -2.24. The predicted octanol–water partition coefficient (Wildman–Crippen LogP) is 3.52. The fourth-order valence-electron chi connectivity index (χ4n) is 2.17. The number of fused-ring (bicyclic) bond motifs is 1. The lowest BCUT2D eigenvalue weighted by molar-refractivity contribution is 0.0953. The largest absolute Gasteiger partial charge is 0.352 e. The van der Waals surface area contributed by atoms with E-state index < -0.39 is 0 Å². The molecule has 0 bridgehead atoms. The summed E-state index contributed by atoms with van der Waals surface area (Å²) >= 11 is 3.81. The number of amides is 1. The number of benzene rings is 1. The van der Waals surface area contributed by atoms with E-state index in [1.165, 1.54) is 0 Å². The van der Waals surface area contributed by atoms with Gasteiger partial charge in [0.25, 0.3) is 5.91 Å². The number of halogens is 1. The van der Waals surface area contributed by atoms with E-state index >= 15 is 0 Å². The second kappa shape index (κ2) is 6.57. The van der Waals surface area contributed by atoms with E-state index in [-0.39, 0.29) is 5.91 Å². The molecule has 3 rings (SSSR count). The van der Waals surface area contributed by atoms with Gasteiger partial charge in [0.15, 0.2) is 0 Å². The standard InChI is InChI=1S/C15H14IN3OS/c16-14-8-11(9-21-14)15(20)17-6-3-7-19-10-18-12-4-1-2-5-13(12)19/h1-2,4-5,8-10H,3,6-7H2,(H,17,20). The predicted molar refractivity (Wildman–Crippen MR) is 93.7 cm³/mol. The van der Waals surface area contributed by atoms with Crippen LogP contribution in [0, 0.1) is 2.88 Å². The molecule has 0 saturated carbocycles. The molecule has 0 spiro atoms. The minimum absolute atomic E-state index is 0.00431. The van der Waals surface area contributed by atoms with Crippen LogP contribution in [-0.2, 0) is 6.54 Å². The summed E-state index contributed by atoms with van der Waals surface area (Å²) in [7, 11) is 0. The average molecular weight is 411 g/mol. The third-order valence-electron chi connectivity index (χ3n) is 3.22. The SMILES string of the molecule is O=C(NCCCn1cnc2ccccc21)c1csc(I)c1. The van der Waals surface area contributed by atoms with Crippen LogP contribution in [0.4, 0.5) is 0 Å². The van der Waals surface area contributed by atoms with Gasteiger partial charge in [-0.05, 0) is 47.2 Å². The molecule has 1 amide bonds. The Bertz CT molecular complexity index is 765. The molecule has 0 saturated heterocycles. The van der Waals surface area contributed by atoms with Gasteiger partial charge >= 0.3 is 0 Å². The first-order valence-electron chi connectivity index (χ1n) is 6.66. The number of aryl methyl sites for hydroxylation is 1. The van der Waals surface area contributed by atoms with Crippen LogP contribution in [-0.4, -0.2) is 22.0 Å². The Hall–Kier alpha value is -1.41. The molecule has 0 aliphatic rings. The van der Waals surface area contributed by atoms with Crippen molar-refractivity contribution in [3.63, 3.8) is 0 Å². The second-order valence-electron chi connectivity index (χ2n) is 4.68. The molecular weight excluding hydrogens is 397 g/mol. The first-order chi connectivity index (χ1) is 10.2. The van der Waals surface area contributed by atoms with Gasteiger partial charge in [-0.2, -0.15) is 0 Å². The summed E-state index contributed by atoms with van der Waals surface area (Å²) in [6.07, 6.45) is 2.74. The number of nitrogens with zero attached hydrogens (tertiary/aromatic N) is 2. The molecule has 3 aromatic rings. The Balaban J connectivity index is 1.51. The Morgan fingerprint density at radius 3 is 3.05 bits per heavy atom. The summed E-state index contributed by atoms with van der Waals surface area (Å²) in [5.41, 5.74) is 2.89. The second-order valence-corrected chi connectivity index (χ2v) is 7.48. The molecule has 2 heterocycles. The first-order valence-corrected chi connectivity index (χ1v) is 8.62. The van der Waals surface area contributed by atoms with Crippen LogP contribution >= 0.6 is 33.9 Å². The molecule has 2 aromatic heterocycles. The van der Waals surface area contributed by atoms with E-state index in [1.807, 2.05) is 36.0 Å². The van der Waals surface area contributed by atoms with E-state index in [1.54, 1.807) is 11.3 Å². The van der Waals surface area contributed by atoms with Gasteiger partial charge in [-0.3, -0.25) is 4.79 Å². The average Bonchev–Trinajstić information content (AvgIpc) is 3.10. The van der Waals surface area contributed by atoms with Crippen LogP contribution in [0.25, 0.3) is 11.0 Å². The molecule has 0 radical (unpaired) electrons. The summed E-state index contributed by atoms with van der Waals surface area (Å²) < 4.78 is 3.25. The number of aromatic nitrogens is 2. The minimum Gasteiger partial charge on any atom is -0.352 e. The Morgan fingerprint density at radius 1 is 1.38 bits per heavy atom. The van der Waals surface area contributed by atoms with Gasteiger partial charge in [-0.25, -0.2) is 4.98 Å². The van der Waals surface area contributed by atoms with Gasteiger partial charge in [0, 0.05) is 18.5 Å². The van der Waals surface area contributed by atoms with Crippen molar-refractivity contribution in [2.45, 2.75) is 13.0 Å². The van der Waals surface area contributed by atoms with Crippen LogP contribution in [0.15, 0.2) is 42.0 Å². The van der Waals surface area contributed by atoms with Crippen molar-refractivity contribution in [2.75, 3.05) is 6.54 Å². The van der Waals surface area contributed by atoms with Crippen molar-refractivity contribution in [1.29, 1.82) is 0 Å². The number of carbonyl (C=O) groups is 1. The number of thiophene rings is 1. The highest BCUT2D eigenvalue weighted by molar-refractivity contribution is 14.1. The topological polar surface area (TPSA) is 46.9 Å². The third-order valence-corrected chi connectivity index (χ3v) is 5.01. The van der Waals surface area contributed by atoms with Gasteiger partial charge in [-0.15, -0.1) is 11.3 Å². The highest BCUT2D eigenvalue weighted by Gasteiger charge is 2.07. The van der Waals surface area contributed by atoms with Crippen LogP contribution in [0.5, 0.6) is 0 Å². The molecule has 0 aliphatic heterocycles. The van der Waals surface area contributed by atoms with Gasteiger partial charge < -0.3 is 9.88 Å². The van der Waals surface area contributed by atoms with Gasteiger partial charge in [0.05, 0.1) is 25.8 Å². The smallest absolute Gasteiger partial charge is 0.252 e. The molecule has 0 aliphatic carbocycles. The molecule has 6 heteroatoms. The highest BCUT2D eigenvalue weighted by Crippen LogP contribution is 2.16. The molecule has 1 N–H and O–H groups in total. The molecule has 108 valence electrons. The molecule has 4 nitrogen and oxygen atoms in total. The molecular formula is C15H14IN3OS. The summed E-state index contributed by atoms with van der Waals surface area (Å²) in [5.74, 6) is 0.00431. The Labute approximate surface area is 140 Å². The third kappa shape index (κ3) is 3.44. The van der Waals surface area contributed by atoms with E-state index in [9.17, 15) is 4.79 Å². The van der Waals surface area contributed by atoms with Crippen LogP contribution < -0.4 is 5.32 Å². The first kappa shape index (κ1) is 14.5. The molecule has 0 fully saturated rings. The van der Waals surface area contributed by atoms with E-state index in [2.05, 4.69) is 43.5 Å². The maximum absolute atomic E-state index is 11.9. The lowest BCUT2D eigenvalue weighted by atomic mass is 10.3. The number of para-hydroxylation sites is 2. The number of hydrogen-bond acceptors (Lipinski definition) is 3. The van der Waals surface area contributed by atoms with Gasteiger partial charge in [0.1, 0.15) is 0 Å². The number of carbonyl (C=O) groups excluding carboxylic acids is 1. The number of rotatable bonds is 5. The normalized spacial score (nSPS) is 10.9. The van der Waals surface area contributed by atoms with E-state index in [0.29, 0.717) is 6.54 Å². The Morgan fingerprint density at radius 2 is 2.24 bits per heavy atom. The molecule has 0 unspecified atom stereocenters. The lowest BCUT2D eigenvalue weighted by Gasteiger charge is -2.06. The van der Waals surface area contributed by atoms with Gasteiger partial charge in [-0.1, -0.05) is 12.1 Å². The summed E-state index contributed by atoms with van der Waals surface area (Å²) in [6, 6.07) is 9.98. The quantitative estimate of drug-likeness (QED) is 0.516. The molecule has 0 atom stereocenters. The molecule has 21 heavy (non-hydrogen) atoms. The van der Waals surface area contributed by atoms with Crippen LogP contribution in [0.1, 0.15) is 16.8 Å². The van der Waals surface area contributed by atoms with Crippen LogP contribution in [0.2, 0.25) is 0 Å². The number of hydrogen-bond donors (Lipinski definition) is 1. The maximum Gasteiger partial charge on any atom is 0.252 e. The van der Waals surface area contributed by atoms with Gasteiger partial charge in [0.2, 0.25) is 0 Å². The van der Waals surface area contributed by atoms with Crippen molar-refractivity contribution in [1.82, 2.24) is 14.9 Å². The van der Waals surface area contributed by atoms with Crippen molar-refractivity contribution < 1.29 is 4.79 Å². The highest BCUT2D eigenvalue weighted by atomic mass is 127. The Kier molecular flexibility index (Phi) is 4.54.